The second-order valence-corrected chi connectivity index (χ2v) is 6.57. The lowest BCUT2D eigenvalue weighted by atomic mass is 10.0. The first-order valence-corrected chi connectivity index (χ1v) is 9.52. The molecule has 2 rings (SSSR count). The molecule has 0 spiro atoms. The fourth-order valence-electron chi connectivity index (χ4n) is 2.69. The van der Waals surface area contributed by atoms with E-state index in [2.05, 4.69) is 10.6 Å². The van der Waals surface area contributed by atoms with Crippen molar-refractivity contribution < 1.29 is 19.1 Å². The third kappa shape index (κ3) is 5.74. The van der Waals surface area contributed by atoms with E-state index in [9.17, 15) is 9.59 Å². The second-order valence-electron chi connectivity index (χ2n) is 6.57. The van der Waals surface area contributed by atoms with Gasteiger partial charge in [-0.2, -0.15) is 0 Å². The molecule has 150 valence electrons. The first-order valence-electron chi connectivity index (χ1n) is 9.52. The standard InChI is InChI=1S/C22H28N2O4/c1-5-27-17-13-11-16(12-14-17)21(25)24-20(15(3)4)22(26)23-18-9-7-8-10-19(18)28-6-2/h7-15,20H,5-6H2,1-4H3,(H,23,26)(H,24,25)/t20-/m1/s1. The Morgan fingerprint density at radius 1 is 0.929 bits per heavy atom. The van der Waals surface area contributed by atoms with Gasteiger partial charge in [0.15, 0.2) is 0 Å². The van der Waals surface area contributed by atoms with Crippen LogP contribution in [0.2, 0.25) is 0 Å². The minimum absolute atomic E-state index is 0.0918. The summed E-state index contributed by atoms with van der Waals surface area (Å²) >= 11 is 0. The van der Waals surface area contributed by atoms with Gasteiger partial charge in [-0.1, -0.05) is 26.0 Å². The van der Waals surface area contributed by atoms with Crippen molar-refractivity contribution in [2.75, 3.05) is 18.5 Å². The number of carbonyl (C=O) groups is 2. The summed E-state index contributed by atoms with van der Waals surface area (Å²) in [5.41, 5.74) is 1.05. The van der Waals surface area contributed by atoms with E-state index in [1.165, 1.54) is 0 Å². The topological polar surface area (TPSA) is 76.7 Å². The van der Waals surface area contributed by atoms with Gasteiger partial charge in [0.2, 0.25) is 5.91 Å². The van der Waals surface area contributed by atoms with Crippen LogP contribution >= 0.6 is 0 Å². The maximum absolute atomic E-state index is 12.8. The highest BCUT2D eigenvalue weighted by atomic mass is 16.5. The van der Waals surface area contributed by atoms with Crippen molar-refractivity contribution >= 4 is 17.5 Å². The van der Waals surface area contributed by atoms with Crippen molar-refractivity contribution in [3.05, 3.63) is 54.1 Å². The van der Waals surface area contributed by atoms with Crippen LogP contribution < -0.4 is 20.1 Å². The number of nitrogens with one attached hydrogen (secondary N) is 2. The van der Waals surface area contributed by atoms with Crippen molar-refractivity contribution in [1.29, 1.82) is 0 Å². The van der Waals surface area contributed by atoms with Crippen molar-refractivity contribution in [3.8, 4) is 11.5 Å². The minimum Gasteiger partial charge on any atom is -0.494 e. The Kier molecular flexibility index (Phi) is 7.87. The first kappa shape index (κ1) is 21.3. The van der Waals surface area contributed by atoms with E-state index in [1.54, 1.807) is 36.4 Å². The average molecular weight is 384 g/mol. The molecule has 2 aromatic carbocycles. The Balaban J connectivity index is 2.10. The van der Waals surface area contributed by atoms with Crippen molar-refractivity contribution in [2.45, 2.75) is 33.7 Å². The maximum Gasteiger partial charge on any atom is 0.251 e. The molecule has 0 unspecified atom stereocenters. The molecule has 0 fully saturated rings. The first-order chi connectivity index (χ1) is 13.5. The summed E-state index contributed by atoms with van der Waals surface area (Å²) in [5.74, 6) is 0.603. The number of anilines is 1. The van der Waals surface area contributed by atoms with Crippen LogP contribution in [0.1, 0.15) is 38.1 Å². The fraction of sp³-hybridized carbons (Fsp3) is 0.364. The molecule has 0 saturated heterocycles. The predicted octanol–water partition coefficient (Wildman–Crippen LogP) is 3.88. The smallest absolute Gasteiger partial charge is 0.251 e. The molecule has 0 saturated carbocycles. The number of para-hydroxylation sites is 2. The highest BCUT2D eigenvalue weighted by molar-refractivity contribution is 6.01. The van der Waals surface area contributed by atoms with E-state index < -0.39 is 6.04 Å². The van der Waals surface area contributed by atoms with Gasteiger partial charge >= 0.3 is 0 Å². The van der Waals surface area contributed by atoms with Crippen molar-refractivity contribution in [1.82, 2.24) is 5.32 Å². The molecular weight excluding hydrogens is 356 g/mol. The Morgan fingerprint density at radius 2 is 1.57 bits per heavy atom. The number of carbonyl (C=O) groups excluding carboxylic acids is 2. The molecule has 28 heavy (non-hydrogen) atoms. The Bertz CT molecular complexity index is 787. The summed E-state index contributed by atoms with van der Waals surface area (Å²) in [6, 6.07) is 13.4. The molecule has 1 atom stereocenters. The van der Waals surface area contributed by atoms with Crippen LogP contribution in [0.25, 0.3) is 0 Å². The summed E-state index contributed by atoms with van der Waals surface area (Å²) in [4.78, 5) is 25.4. The minimum atomic E-state index is -0.686. The van der Waals surface area contributed by atoms with E-state index in [1.807, 2.05) is 39.8 Å². The van der Waals surface area contributed by atoms with Crippen LogP contribution in [0.5, 0.6) is 11.5 Å². The molecule has 2 aromatic rings. The summed E-state index contributed by atoms with van der Waals surface area (Å²) in [7, 11) is 0. The third-order valence-corrected chi connectivity index (χ3v) is 4.11. The number of rotatable bonds is 9. The lowest BCUT2D eigenvalue weighted by Crippen LogP contribution is -2.47. The quantitative estimate of drug-likeness (QED) is 0.688. The lowest BCUT2D eigenvalue weighted by molar-refractivity contribution is -0.118. The van der Waals surface area contributed by atoms with Gasteiger partial charge in [-0.05, 0) is 56.2 Å². The molecule has 0 aromatic heterocycles. The van der Waals surface area contributed by atoms with E-state index in [0.717, 1.165) is 0 Å². The Hall–Kier alpha value is -3.02. The summed E-state index contributed by atoms with van der Waals surface area (Å²) < 4.78 is 10.9. The van der Waals surface area contributed by atoms with Gasteiger partial charge in [0.05, 0.1) is 18.9 Å². The van der Waals surface area contributed by atoms with Crippen LogP contribution in [0, 0.1) is 5.92 Å². The molecule has 2 amide bonds. The number of amides is 2. The van der Waals surface area contributed by atoms with Gasteiger partial charge in [0, 0.05) is 5.56 Å². The Morgan fingerprint density at radius 3 is 2.18 bits per heavy atom. The SMILES string of the molecule is CCOc1ccc(C(=O)N[C@@H](C(=O)Nc2ccccc2OCC)C(C)C)cc1. The molecule has 6 nitrogen and oxygen atoms in total. The normalized spacial score (nSPS) is 11.6. The molecule has 0 bridgehead atoms. The average Bonchev–Trinajstić information content (AvgIpc) is 2.68. The zero-order chi connectivity index (χ0) is 20.5. The summed E-state index contributed by atoms with van der Waals surface area (Å²) in [5, 5.41) is 5.68. The van der Waals surface area contributed by atoms with Crippen molar-refractivity contribution in [3.63, 3.8) is 0 Å². The zero-order valence-corrected chi connectivity index (χ0v) is 16.8. The zero-order valence-electron chi connectivity index (χ0n) is 16.8. The lowest BCUT2D eigenvalue weighted by Gasteiger charge is -2.22. The number of benzene rings is 2. The van der Waals surface area contributed by atoms with E-state index >= 15 is 0 Å². The fourth-order valence-corrected chi connectivity index (χ4v) is 2.69. The molecule has 0 aliphatic rings. The molecule has 0 aliphatic carbocycles. The van der Waals surface area contributed by atoms with Gasteiger partial charge in [-0.25, -0.2) is 0 Å². The van der Waals surface area contributed by atoms with Crippen molar-refractivity contribution in [2.24, 2.45) is 5.92 Å². The van der Waals surface area contributed by atoms with Gasteiger partial charge in [0.25, 0.3) is 5.91 Å². The maximum atomic E-state index is 12.8. The van der Waals surface area contributed by atoms with E-state index in [-0.39, 0.29) is 17.7 Å². The molecule has 2 N–H and O–H groups in total. The third-order valence-electron chi connectivity index (χ3n) is 4.11. The molecular formula is C22H28N2O4. The number of hydrogen-bond acceptors (Lipinski definition) is 4. The highest BCUT2D eigenvalue weighted by Crippen LogP contribution is 2.24. The number of hydrogen-bond donors (Lipinski definition) is 2. The van der Waals surface area contributed by atoms with Crippen LogP contribution in [0.3, 0.4) is 0 Å². The van der Waals surface area contributed by atoms with Crippen LogP contribution in [-0.4, -0.2) is 31.1 Å². The molecule has 6 heteroatoms. The van der Waals surface area contributed by atoms with Gasteiger partial charge in [-0.15, -0.1) is 0 Å². The predicted molar refractivity (Wildman–Crippen MR) is 110 cm³/mol. The molecule has 0 radical (unpaired) electrons. The van der Waals surface area contributed by atoms with Crippen LogP contribution in [0.15, 0.2) is 48.5 Å². The monoisotopic (exact) mass is 384 g/mol. The van der Waals surface area contributed by atoms with Crippen LogP contribution in [0.4, 0.5) is 5.69 Å². The molecule has 0 heterocycles. The summed E-state index contributed by atoms with van der Waals surface area (Å²) in [6.07, 6.45) is 0. The number of ether oxygens (including phenoxy) is 2. The van der Waals surface area contributed by atoms with Gasteiger partial charge in [-0.3, -0.25) is 9.59 Å². The van der Waals surface area contributed by atoms with Crippen LogP contribution in [-0.2, 0) is 4.79 Å². The summed E-state index contributed by atoms with van der Waals surface area (Å²) in [6.45, 7) is 8.61. The highest BCUT2D eigenvalue weighted by Gasteiger charge is 2.25. The van der Waals surface area contributed by atoms with E-state index in [0.29, 0.717) is 36.0 Å². The second kappa shape index (κ2) is 10.3. The van der Waals surface area contributed by atoms with E-state index in [4.69, 9.17) is 9.47 Å². The molecule has 0 aliphatic heterocycles. The van der Waals surface area contributed by atoms with Gasteiger partial charge < -0.3 is 20.1 Å². The largest absolute Gasteiger partial charge is 0.494 e. The Labute approximate surface area is 166 Å². The van der Waals surface area contributed by atoms with Gasteiger partial charge in [0.1, 0.15) is 17.5 Å².